The Labute approximate surface area is 134 Å². The third-order valence-corrected chi connectivity index (χ3v) is 5.43. The van der Waals surface area contributed by atoms with E-state index in [4.69, 9.17) is 23.2 Å². The van der Waals surface area contributed by atoms with Crippen LogP contribution in [0.3, 0.4) is 0 Å². The topological polar surface area (TPSA) is 66.5 Å². The number of carbonyl (C=O) groups excluding carboxylic acids is 1. The minimum Gasteiger partial charge on any atom is -0.343 e. The number of sulfonamides is 1. The van der Waals surface area contributed by atoms with Crippen LogP contribution in [-0.2, 0) is 14.8 Å². The van der Waals surface area contributed by atoms with Gasteiger partial charge in [0.1, 0.15) is 4.90 Å². The summed E-state index contributed by atoms with van der Waals surface area (Å²) in [6.07, 6.45) is 2.03. The van der Waals surface area contributed by atoms with E-state index in [-0.39, 0.29) is 22.4 Å². The lowest BCUT2D eigenvalue weighted by Gasteiger charge is -2.15. The van der Waals surface area contributed by atoms with Crippen molar-refractivity contribution in [3.8, 4) is 0 Å². The van der Waals surface area contributed by atoms with Crippen LogP contribution in [0.25, 0.3) is 0 Å². The second-order valence-corrected chi connectivity index (χ2v) is 7.39. The summed E-state index contributed by atoms with van der Waals surface area (Å²) in [6, 6.07) is 4.24. The average Bonchev–Trinajstić information content (AvgIpc) is 2.80. The van der Waals surface area contributed by atoms with Gasteiger partial charge >= 0.3 is 0 Å². The monoisotopic (exact) mass is 350 g/mol. The van der Waals surface area contributed by atoms with Gasteiger partial charge in [-0.25, -0.2) is 13.1 Å². The van der Waals surface area contributed by atoms with Crippen molar-refractivity contribution in [3.63, 3.8) is 0 Å². The van der Waals surface area contributed by atoms with Crippen molar-refractivity contribution in [2.75, 3.05) is 19.6 Å². The van der Waals surface area contributed by atoms with Gasteiger partial charge in [-0.05, 0) is 31.0 Å². The van der Waals surface area contributed by atoms with Gasteiger partial charge in [0.25, 0.3) is 0 Å². The molecule has 0 unspecified atom stereocenters. The van der Waals surface area contributed by atoms with Crippen molar-refractivity contribution in [3.05, 3.63) is 28.2 Å². The fourth-order valence-electron chi connectivity index (χ4n) is 2.19. The van der Waals surface area contributed by atoms with Gasteiger partial charge in [0.15, 0.2) is 0 Å². The molecule has 0 saturated carbocycles. The number of halogens is 2. The van der Waals surface area contributed by atoms with Crippen molar-refractivity contribution in [1.29, 1.82) is 0 Å². The molecule has 0 radical (unpaired) electrons. The summed E-state index contributed by atoms with van der Waals surface area (Å²) in [7, 11) is -3.66. The van der Waals surface area contributed by atoms with Gasteiger partial charge in [-0.1, -0.05) is 23.2 Å². The molecule has 0 aliphatic carbocycles. The second-order valence-electron chi connectivity index (χ2n) is 4.81. The number of rotatable bonds is 6. The third-order valence-electron chi connectivity index (χ3n) is 3.25. The molecule has 1 aliphatic rings. The molecule has 1 saturated heterocycles. The number of hydrogen-bond donors (Lipinski definition) is 1. The lowest BCUT2D eigenvalue weighted by atomic mass is 10.4. The number of hydrogen-bond acceptors (Lipinski definition) is 3. The van der Waals surface area contributed by atoms with Crippen LogP contribution in [0.1, 0.15) is 19.3 Å². The van der Waals surface area contributed by atoms with Crippen LogP contribution in [0.4, 0.5) is 0 Å². The van der Waals surface area contributed by atoms with E-state index in [1.165, 1.54) is 18.2 Å². The number of likely N-dealkylation sites (tertiary alicyclic amines) is 1. The predicted octanol–water partition coefficient (Wildman–Crippen LogP) is 2.28. The highest BCUT2D eigenvalue weighted by Crippen LogP contribution is 2.24. The number of benzene rings is 1. The largest absolute Gasteiger partial charge is 0.343 e. The summed E-state index contributed by atoms with van der Waals surface area (Å²) in [4.78, 5) is 13.2. The Morgan fingerprint density at radius 3 is 2.67 bits per heavy atom. The summed E-state index contributed by atoms with van der Waals surface area (Å²) < 4.78 is 26.7. The van der Waals surface area contributed by atoms with Gasteiger partial charge in [-0.3, -0.25) is 4.79 Å². The van der Waals surface area contributed by atoms with E-state index in [9.17, 15) is 13.2 Å². The highest BCUT2D eigenvalue weighted by molar-refractivity contribution is 7.89. The van der Waals surface area contributed by atoms with Crippen LogP contribution >= 0.6 is 23.2 Å². The standard InChI is InChI=1S/C13H16Cl2N2O3S/c14-10-4-5-12(11(15)9-10)21(19,20)16-6-2-8-17-7-1-3-13(17)18/h4-5,9,16H,1-3,6-8H2. The Bertz CT molecular complexity index is 634. The molecule has 5 nitrogen and oxygen atoms in total. The van der Waals surface area contributed by atoms with Crippen molar-refractivity contribution in [2.45, 2.75) is 24.2 Å². The predicted molar refractivity (Wildman–Crippen MR) is 82.1 cm³/mol. The molecule has 1 fully saturated rings. The Hall–Kier alpha value is -0.820. The van der Waals surface area contributed by atoms with Gasteiger partial charge in [0, 0.05) is 31.1 Å². The Kier molecular flexibility index (Phi) is 5.48. The van der Waals surface area contributed by atoms with Crippen LogP contribution in [0.5, 0.6) is 0 Å². The van der Waals surface area contributed by atoms with Gasteiger partial charge in [-0.15, -0.1) is 0 Å². The van der Waals surface area contributed by atoms with Crippen LogP contribution in [0, 0.1) is 0 Å². The molecule has 116 valence electrons. The van der Waals surface area contributed by atoms with E-state index in [1.807, 2.05) is 0 Å². The summed E-state index contributed by atoms with van der Waals surface area (Å²) in [5.41, 5.74) is 0. The number of nitrogens with one attached hydrogen (secondary N) is 1. The molecular weight excluding hydrogens is 335 g/mol. The van der Waals surface area contributed by atoms with Crippen LogP contribution < -0.4 is 4.72 Å². The molecule has 0 bridgehead atoms. The zero-order valence-corrected chi connectivity index (χ0v) is 13.6. The first-order chi connectivity index (χ1) is 9.90. The highest BCUT2D eigenvalue weighted by atomic mass is 35.5. The molecule has 1 amide bonds. The molecular formula is C13H16Cl2N2O3S. The third kappa shape index (κ3) is 4.32. The molecule has 1 aliphatic heterocycles. The molecule has 1 heterocycles. The molecule has 21 heavy (non-hydrogen) atoms. The molecule has 1 aromatic carbocycles. The Balaban J connectivity index is 1.88. The fourth-order valence-corrected chi connectivity index (χ4v) is 4.03. The number of nitrogens with zero attached hydrogens (tertiary/aromatic N) is 1. The smallest absolute Gasteiger partial charge is 0.242 e. The van der Waals surface area contributed by atoms with Crippen molar-refractivity contribution in [1.82, 2.24) is 9.62 Å². The summed E-state index contributed by atoms with van der Waals surface area (Å²) >= 11 is 11.6. The maximum absolute atomic E-state index is 12.1. The fraction of sp³-hybridized carbons (Fsp3) is 0.462. The molecule has 0 spiro atoms. The zero-order valence-electron chi connectivity index (χ0n) is 11.3. The average molecular weight is 351 g/mol. The van der Waals surface area contributed by atoms with E-state index in [0.717, 1.165) is 13.0 Å². The number of amides is 1. The lowest BCUT2D eigenvalue weighted by molar-refractivity contribution is -0.127. The molecule has 2 rings (SSSR count). The summed E-state index contributed by atoms with van der Waals surface area (Å²) in [5.74, 6) is 0.138. The van der Waals surface area contributed by atoms with Gasteiger partial charge < -0.3 is 4.90 Å². The van der Waals surface area contributed by atoms with E-state index in [1.54, 1.807) is 4.90 Å². The molecule has 0 aromatic heterocycles. The Morgan fingerprint density at radius 1 is 1.29 bits per heavy atom. The molecule has 0 atom stereocenters. The van der Waals surface area contributed by atoms with Crippen LogP contribution in [-0.4, -0.2) is 38.9 Å². The first-order valence-electron chi connectivity index (χ1n) is 6.62. The first kappa shape index (κ1) is 16.5. The Morgan fingerprint density at radius 2 is 2.05 bits per heavy atom. The quantitative estimate of drug-likeness (QED) is 0.800. The van der Waals surface area contributed by atoms with Gasteiger partial charge in [0.2, 0.25) is 15.9 Å². The normalized spacial score (nSPS) is 15.7. The minimum atomic E-state index is -3.66. The summed E-state index contributed by atoms with van der Waals surface area (Å²) in [6.45, 7) is 1.58. The SMILES string of the molecule is O=C1CCCN1CCCNS(=O)(=O)c1ccc(Cl)cc1Cl. The van der Waals surface area contributed by atoms with Crippen molar-refractivity contribution in [2.24, 2.45) is 0 Å². The van der Waals surface area contributed by atoms with Crippen molar-refractivity contribution >= 4 is 39.1 Å². The van der Waals surface area contributed by atoms with E-state index >= 15 is 0 Å². The van der Waals surface area contributed by atoms with Crippen LogP contribution in [0.15, 0.2) is 23.1 Å². The number of carbonyl (C=O) groups is 1. The second kappa shape index (κ2) is 6.96. The maximum Gasteiger partial charge on any atom is 0.242 e. The van der Waals surface area contributed by atoms with Crippen LogP contribution in [0.2, 0.25) is 10.0 Å². The molecule has 8 heteroatoms. The van der Waals surface area contributed by atoms with Gasteiger partial charge in [0.05, 0.1) is 5.02 Å². The first-order valence-corrected chi connectivity index (χ1v) is 8.86. The lowest BCUT2D eigenvalue weighted by Crippen LogP contribution is -2.30. The van der Waals surface area contributed by atoms with E-state index in [2.05, 4.69) is 4.72 Å². The maximum atomic E-state index is 12.1. The molecule has 1 aromatic rings. The van der Waals surface area contributed by atoms with Gasteiger partial charge in [-0.2, -0.15) is 0 Å². The summed E-state index contributed by atoms with van der Waals surface area (Å²) in [5, 5.41) is 0.469. The molecule has 1 N–H and O–H groups in total. The van der Waals surface area contributed by atoms with Crippen molar-refractivity contribution < 1.29 is 13.2 Å². The van der Waals surface area contributed by atoms with E-state index in [0.29, 0.717) is 24.4 Å². The van der Waals surface area contributed by atoms with E-state index < -0.39 is 10.0 Å². The highest BCUT2D eigenvalue weighted by Gasteiger charge is 2.20. The minimum absolute atomic E-state index is 0.00538. The zero-order chi connectivity index (χ0) is 15.5.